The summed E-state index contributed by atoms with van der Waals surface area (Å²) >= 11 is 0. The molecule has 0 spiro atoms. The Bertz CT molecular complexity index is 234. The maximum Gasteiger partial charge on any atom is -0.00210 e. The third-order valence-electron chi connectivity index (χ3n) is 4.93. The average Bonchev–Trinajstić information content (AvgIpc) is 2.35. The zero-order chi connectivity index (χ0) is 12.8. The van der Waals surface area contributed by atoms with Gasteiger partial charge in [-0.3, -0.25) is 0 Å². The van der Waals surface area contributed by atoms with Crippen molar-refractivity contribution in [3.63, 3.8) is 0 Å². The molecule has 1 heteroatoms. The quantitative estimate of drug-likeness (QED) is 0.681. The summed E-state index contributed by atoms with van der Waals surface area (Å²) in [6.07, 6.45) is 6.56. The van der Waals surface area contributed by atoms with Crippen molar-refractivity contribution in [3.05, 3.63) is 12.2 Å². The summed E-state index contributed by atoms with van der Waals surface area (Å²) in [5.41, 5.74) is 1.49. The Morgan fingerprint density at radius 3 is 2.65 bits per heavy atom. The number of allylic oxidation sites excluding steroid dienone is 1. The van der Waals surface area contributed by atoms with Gasteiger partial charge in [0.05, 0.1) is 0 Å². The number of nitrogens with one attached hydrogen (secondary N) is 1. The van der Waals surface area contributed by atoms with E-state index in [1.807, 2.05) is 0 Å². The van der Waals surface area contributed by atoms with Crippen molar-refractivity contribution in [2.75, 3.05) is 13.6 Å². The van der Waals surface area contributed by atoms with Crippen LogP contribution < -0.4 is 5.32 Å². The monoisotopic (exact) mass is 237 g/mol. The summed E-state index contributed by atoms with van der Waals surface area (Å²) < 4.78 is 0. The standard InChI is InChI=1S/C16H31N/c1-6-14-9-8-12(3)10-16(14)13(4)15(7-2)11-17-5/h13-17H,3,6-11H2,1-2,4-5H3. The van der Waals surface area contributed by atoms with Gasteiger partial charge < -0.3 is 5.32 Å². The molecule has 100 valence electrons. The second-order valence-corrected chi connectivity index (χ2v) is 5.91. The lowest BCUT2D eigenvalue weighted by atomic mass is 9.66. The van der Waals surface area contributed by atoms with Crippen molar-refractivity contribution in [2.24, 2.45) is 23.7 Å². The van der Waals surface area contributed by atoms with Gasteiger partial charge in [0.15, 0.2) is 0 Å². The van der Waals surface area contributed by atoms with Crippen molar-refractivity contribution < 1.29 is 0 Å². The van der Waals surface area contributed by atoms with E-state index in [0.29, 0.717) is 0 Å². The maximum absolute atomic E-state index is 4.23. The van der Waals surface area contributed by atoms with E-state index in [9.17, 15) is 0 Å². The Hall–Kier alpha value is -0.300. The molecule has 17 heavy (non-hydrogen) atoms. The van der Waals surface area contributed by atoms with Crippen LogP contribution in [0.15, 0.2) is 12.2 Å². The first kappa shape index (κ1) is 14.8. The first-order valence-electron chi connectivity index (χ1n) is 7.45. The fourth-order valence-corrected chi connectivity index (χ4v) is 3.64. The fourth-order valence-electron chi connectivity index (χ4n) is 3.64. The lowest BCUT2D eigenvalue weighted by Crippen LogP contribution is -2.34. The highest BCUT2D eigenvalue weighted by atomic mass is 14.8. The zero-order valence-corrected chi connectivity index (χ0v) is 12.3. The molecule has 1 rings (SSSR count). The van der Waals surface area contributed by atoms with E-state index in [0.717, 1.165) is 30.2 Å². The molecule has 0 aromatic rings. The molecular formula is C16H31N. The van der Waals surface area contributed by atoms with Crippen LogP contribution in [-0.4, -0.2) is 13.6 Å². The average molecular weight is 237 g/mol. The van der Waals surface area contributed by atoms with E-state index in [4.69, 9.17) is 0 Å². The second-order valence-electron chi connectivity index (χ2n) is 5.91. The molecule has 4 atom stereocenters. The van der Waals surface area contributed by atoms with Gasteiger partial charge in [0.2, 0.25) is 0 Å². The largest absolute Gasteiger partial charge is 0.319 e. The Morgan fingerprint density at radius 2 is 2.12 bits per heavy atom. The zero-order valence-electron chi connectivity index (χ0n) is 12.3. The van der Waals surface area contributed by atoms with E-state index < -0.39 is 0 Å². The topological polar surface area (TPSA) is 12.0 Å². The SMILES string of the molecule is C=C1CCC(CC)C(C(C)C(CC)CNC)C1. The van der Waals surface area contributed by atoms with Crippen LogP contribution >= 0.6 is 0 Å². The molecule has 0 radical (unpaired) electrons. The van der Waals surface area contributed by atoms with Gasteiger partial charge in [-0.2, -0.15) is 0 Å². The van der Waals surface area contributed by atoms with Crippen LogP contribution in [0.4, 0.5) is 0 Å². The van der Waals surface area contributed by atoms with Crippen LogP contribution in [0, 0.1) is 23.7 Å². The summed E-state index contributed by atoms with van der Waals surface area (Å²) in [6.45, 7) is 12.6. The molecular weight excluding hydrogens is 206 g/mol. The molecule has 1 aliphatic rings. The Balaban J connectivity index is 2.68. The highest BCUT2D eigenvalue weighted by Gasteiger charge is 2.32. The van der Waals surface area contributed by atoms with E-state index in [2.05, 4.69) is 39.7 Å². The molecule has 1 N–H and O–H groups in total. The van der Waals surface area contributed by atoms with E-state index in [-0.39, 0.29) is 0 Å². The van der Waals surface area contributed by atoms with Gasteiger partial charge in [0.1, 0.15) is 0 Å². The van der Waals surface area contributed by atoms with E-state index in [1.165, 1.54) is 37.7 Å². The highest BCUT2D eigenvalue weighted by Crippen LogP contribution is 2.41. The molecule has 1 saturated carbocycles. The van der Waals surface area contributed by atoms with Gasteiger partial charge in [-0.05, 0) is 56.5 Å². The smallest absolute Gasteiger partial charge is 0.00210 e. The third-order valence-corrected chi connectivity index (χ3v) is 4.93. The molecule has 0 aliphatic heterocycles. The van der Waals surface area contributed by atoms with Crippen LogP contribution in [0.25, 0.3) is 0 Å². The molecule has 1 aliphatic carbocycles. The Labute approximate surface area is 108 Å². The first-order chi connectivity index (χ1) is 8.13. The molecule has 0 bridgehead atoms. The summed E-state index contributed by atoms with van der Waals surface area (Å²) in [5.74, 6) is 3.46. The van der Waals surface area contributed by atoms with Crippen molar-refractivity contribution in [1.82, 2.24) is 5.32 Å². The third kappa shape index (κ3) is 3.84. The van der Waals surface area contributed by atoms with Gasteiger partial charge >= 0.3 is 0 Å². The van der Waals surface area contributed by atoms with Gasteiger partial charge in [0.25, 0.3) is 0 Å². The van der Waals surface area contributed by atoms with Crippen molar-refractivity contribution in [1.29, 1.82) is 0 Å². The fraction of sp³-hybridized carbons (Fsp3) is 0.875. The van der Waals surface area contributed by atoms with Crippen LogP contribution in [-0.2, 0) is 0 Å². The lowest BCUT2D eigenvalue weighted by molar-refractivity contribution is 0.141. The van der Waals surface area contributed by atoms with Crippen LogP contribution in [0.2, 0.25) is 0 Å². The van der Waals surface area contributed by atoms with Crippen LogP contribution in [0.3, 0.4) is 0 Å². The molecule has 1 nitrogen and oxygen atoms in total. The van der Waals surface area contributed by atoms with Crippen molar-refractivity contribution in [3.8, 4) is 0 Å². The van der Waals surface area contributed by atoms with Gasteiger partial charge in [0, 0.05) is 0 Å². The van der Waals surface area contributed by atoms with Gasteiger partial charge in [-0.15, -0.1) is 0 Å². The minimum absolute atomic E-state index is 0.824. The maximum atomic E-state index is 4.23. The number of rotatable bonds is 6. The minimum Gasteiger partial charge on any atom is -0.319 e. The predicted molar refractivity (Wildman–Crippen MR) is 77.1 cm³/mol. The number of hydrogen-bond acceptors (Lipinski definition) is 1. The van der Waals surface area contributed by atoms with E-state index >= 15 is 0 Å². The van der Waals surface area contributed by atoms with Gasteiger partial charge in [-0.25, -0.2) is 0 Å². The summed E-state index contributed by atoms with van der Waals surface area (Å²) in [7, 11) is 2.08. The molecule has 0 heterocycles. The van der Waals surface area contributed by atoms with Gasteiger partial charge in [-0.1, -0.05) is 45.8 Å². The predicted octanol–water partition coefficient (Wildman–Crippen LogP) is 4.25. The molecule has 0 saturated heterocycles. The molecule has 0 aromatic heterocycles. The first-order valence-corrected chi connectivity index (χ1v) is 7.45. The van der Waals surface area contributed by atoms with E-state index in [1.54, 1.807) is 0 Å². The summed E-state index contributed by atoms with van der Waals surface area (Å²) in [5, 5.41) is 3.36. The molecule has 4 unspecified atom stereocenters. The Morgan fingerprint density at radius 1 is 1.41 bits per heavy atom. The van der Waals surface area contributed by atoms with Crippen molar-refractivity contribution >= 4 is 0 Å². The second kappa shape index (κ2) is 7.20. The van der Waals surface area contributed by atoms with Crippen LogP contribution in [0.5, 0.6) is 0 Å². The minimum atomic E-state index is 0.824. The molecule has 0 amide bonds. The summed E-state index contributed by atoms with van der Waals surface area (Å²) in [4.78, 5) is 0. The highest BCUT2D eigenvalue weighted by molar-refractivity contribution is 5.03. The number of hydrogen-bond donors (Lipinski definition) is 1. The van der Waals surface area contributed by atoms with Crippen LogP contribution in [0.1, 0.15) is 52.9 Å². The molecule has 0 aromatic carbocycles. The van der Waals surface area contributed by atoms with Crippen molar-refractivity contribution in [2.45, 2.75) is 52.9 Å². The molecule has 1 fully saturated rings. The Kier molecular flexibility index (Phi) is 6.26. The lowest BCUT2D eigenvalue weighted by Gasteiger charge is -2.39. The normalized spacial score (nSPS) is 29.1. The summed E-state index contributed by atoms with van der Waals surface area (Å²) in [6, 6.07) is 0.